The van der Waals surface area contributed by atoms with Crippen molar-refractivity contribution in [2.45, 2.75) is 44.8 Å². The quantitative estimate of drug-likeness (QED) is 0.730. The maximum Gasteiger partial charge on any atom is 0.387 e. The molecule has 1 aliphatic rings. The summed E-state index contributed by atoms with van der Waals surface area (Å²) in [5.74, 6) is -0.0833. The molecule has 2 rings (SSSR count). The van der Waals surface area contributed by atoms with Crippen LogP contribution in [0.25, 0.3) is 0 Å². The maximum atomic E-state index is 12.7. The molecule has 0 spiro atoms. The van der Waals surface area contributed by atoms with Crippen LogP contribution >= 0.6 is 0 Å². The molecule has 0 aliphatic carbocycles. The first kappa shape index (κ1) is 20.1. The molecule has 1 saturated heterocycles. The fourth-order valence-electron chi connectivity index (χ4n) is 3.06. The lowest BCUT2D eigenvalue weighted by Gasteiger charge is -2.36. The van der Waals surface area contributed by atoms with E-state index in [9.17, 15) is 18.4 Å². The number of carbonyl (C=O) groups excluding carboxylic acids is 2. The van der Waals surface area contributed by atoms with E-state index in [1.54, 1.807) is 17.0 Å². The summed E-state index contributed by atoms with van der Waals surface area (Å²) >= 11 is 0. The summed E-state index contributed by atoms with van der Waals surface area (Å²) in [4.78, 5) is 26.1. The molecule has 1 heterocycles. The molecule has 1 aliphatic heterocycles. The number of rotatable bonds is 8. The lowest BCUT2D eigenvalue weighted by Crippen LogP contribution is -2.50. The summed E-state index contributed by atoms with van der Waals surface area (Å²) in [6, 6.07) is 6.04. The van der Waals surface area contributed by atoms with Gasteiger partial charge in [-0.05, 0) is 37.0 Å². The molecule has 0 aromatic heterocycles. The summed E-state index contributed by atoms with van der Waals surface area (Å²) in [5.41, 5.74) is 6.09. The molecule has 26 heavy (non-hydrogen) atoms. The highest BCUT2D eigenvalue weighted by atomic mass is 19.3. The van der Waals surface area contributed by atoms with E-state index in [-0.39, 0.29) is 36.4 Å². The molecule has 3 N–H and O–H groups in total. The van der Waals surface area contributed by atoms with Gasteiger partial charge in [0.05, 0.1) is 6.42 Å². The Labute approximate surface area is 151 Å². The van der Waals surface area contributed by atoms with Crippen molar-refractivity contribution in [3.05, 3.63) is 29.8 Å². The van der Waals surface area contributed by atoms with Gasteiger partial charge in [0.1, 0.15) is 5.75 Å². The minimum Gasteiger partial charge on any atom is -0.435 e. The molecule has 1 aromatic rings. The zero-order valence-electron chi connectivity index (χ0n) is 14.6. The summed E-state index contributed by atoms with van der Waals surface area (Å²) in [6.07, 6.45) is 3.24. The van der Waals surface area contributed by atoms with Crippen LogP contribution in [0.15, 0.2) is 24.3 Å². The van der Waals surface area contributed by atoms with Gasteiger partial charge in [0.2, 0.25) is 11.8 Å². The third-order valence-electron chi connectivity index (χ3n) is 4.36. The van der Waals surface area contributed by atoms with E-state index in [4.69, 9.17) is 5.73 Å². The molecule has 1 aromatic carbocycles. The zero-order chi connectivity index (χ0) is 18.9. The number of alkyl halides is 2. The molecule has 0 bridgehead atoms. The van der Waals surface area contributed by atoms with Gasteiger partial charge >= 0.3 is 6.61 Å². The van der Waals surface area contributed by atoms with Crippen LogP contribution < -0.4 is 15.8 Å². The van der Waals surface area contributed by atoms with Gasteiger partial charge in [0.15, 0.2) is 0 Å². The average Bonchev–Trinajstić information content (AvgIpc) is 2.61. The number of halogens is 2. The lowest BCUT2D eigenvalue weighted by atomic mass is 10.0. The number of likely N-dealkylation sites (tertiary alicyclic amines) is 1. The highest BCUT2D eigenvalue weighted by Crippen LogP contribution is 2.20. The fourth-order valence-corrected chi connectivity index (χ4v) is 3.06. The predicted molar refractivity (Wildman–Crippen MR) is 92.8 cm³/mol. The van der Waals surface area contributed by atoms with Crippen molar-refractivity contribution >= 4 is 11.8 Å². The topological polar surface area (TPSA) is 84.7 Å². The van der Waals surface area contributed by atoms with Gasteiger partial charge in [-0.3, -0.25) is 9.59 Å². The molecule has 0 radical (unpaired) electrons. The van der Waals surface area contributed by atoms with Crippen LogP contribution in [-0.4, -0.2) is 49.0 Å². The Kier molecular flexibility index (Phi) is 7.77. The Balaban J connectivity index is 1.91. The van der Waals surface area contributed by atoms with Crippen LogP contribution in [0.4, 0.5) is 8.78 Å². The van der Waals surface area contributed by atoms with E-state index in [1.165, 1.54) is 12.1 Å². The highest BCUT2D eigenvalue weighted by molar-refractivity contribution is 5.79. The van der Waals surface area contributed by atoms with Crippen molar-refractivity contribution in [1.29, 1.82) is 0 Å². The van der Waals surface area contributed by atoms with Crippen LogP contribution in [0, 0.1) is 0 Å². The van der Waals surface area contributed by atoms with Gasteiger partial charge in [-0.1, -0.05) is 12.1 Å². The third kappa shape index (κ3) is 6.25. The summed E-state index contributed by atoms with van der Waals surface area (Å²) in [7, 11) is 0. The largest absolute Gasteiger partial charge is 0.435 e. The van der Waals surface area contributed by atoms with Crippen molar-refractivity contribution < 1.29 is 23.1 Å². The molecule has 8 heteroatoms. The van der Waals surface area contributed by atoms with Gasteiger partial charge in [0, 0.05) is 32.1 Å². The number of hydrogen-bond acceptors (Lipinski definition) is 4. The Morgan fingerprint density at radius 2 is 2.00 bits per heavy atom. The van der Waals surface area contributed by atoms with Crippen molar-refractivity contribution in [1.82, 2.24) is 10.2 Å². The van der Waals surface area contributed by atoms with Crippen LogP contribution in [-0.2, 0) is 16.0 Å². The molecule has 1 unspecified atom stereocenters. The first-order valence-corrected chi connectivity index (χ1v) is 8.79. The van der Waals surface area contributed by atoms with E-state index >= 15 is 0 Å². The van der Waals surface area contributed by atoms with E-state index in [0.717, 1.165) is 24.8 Å². The first-order valence-electron chi connectivity index (χ1n) is 8.79. The highest BCUT2D eigenvalue weighted by Gasteiger charge is 2.26. The number of carbonyl (C=O) groups is 2. The van der Waals surface area contributed by atoms with Crippen molar-refractivity contribution in [3.63, 3.8) is 0 Å². The Bertz CT molecular complexity index is 596. The number of nitrogens with two attached hydrogens (primary N) is 1. The molecule has 2 amide bonds. The number of ether oxygens (including phenoxy) is 1. The third-order valence-corrected chi connectivity index (χ3v) is 4.36. The second-order valence-corrected chi connectivity index (χ2v) is 6.28. The SMILES string of the molecule is NCCC(=O)NCC1CCCCN1C(=O)Cc1ccc(OC(F)F)cc1. The molecular formula is C18H25F2N3O3. The van der Waals surface area contributed by atoms with Gasteiger partial charge in [-0.25, -0.2) is 0 Å². The zero-order valence-corrected chi connectivity index (χ0v) is 14.6. The number of benzene rings is 1. The van der Waals surface area contributed by atoms with Crippen LogP contribution in [0.2, 0.25) is 0 Å². The Hall–Kier alpha value is -2.22. The molecule has 144 valence electrons. The summed E-state index contributed by atoms with van der Waals surface area (Å²) in [6.45, 7) is -1.50. The van der Waals surface area contributed by atoms with Gasteiger partial charge in [-0.2, -0.15) is 8.78 Å². The molecule has 0 saturated carbocycles. The number of hydrogen-bond donors (Lipinski definition) is 2. The summed E-state index contributed by atoms with van der Waals surface area (Å²) < 4.78 is 28.7. The van der Waals surface area contributed by atoms with E-state index < -0.39 is 6.61 Å². The molecule has 1 atom stereocenters. The van der Waals surface area contributed by atoms with Crippen molar-refractivity contribution in [2.75, 3.05) is 19.6 Å². The predicted octanol–water partition coefficient (Wildman–Crippen LogP) is 1.68. The number of amides is 2. The van der Waals surface area contributed by atoms with Gasteiger partial charge < -0.3 is 20.7 Å². The molecule has 1 fully saturated rings. The number of nitrogens with one attached hydrogen (secondary N) is 1. The molecular weight excluding hydrogens is 344 g/mol. The number of nitrogens with zero attached hydrogens (tertiary/aromatic N) is 1. The normalized spacial score (nSPS) is 17.2. The Morgan fingerprint density at radius 1 is 1.27 bits per heavy atom. The second kappa shape index (κ2) is 10.1. The van der Waals surface area contributed by atoms with Gasteiger partial charge in [-0.15, -0.1) is 0 Å². The van der Waals surface area contributed by atoms with Gasteiger partial charge in [0.25, 0.3) is 0 Å². The summed E-state index contributed by atoms with van der Waals surface area (Å²) in [5, 5.41) is 2.83. The van der Waals surface area contributed by atoms with E-state index in [0.29, 0.717) is 19.6 Å². The monoisotopic (exact) mass is 369 g/mol. The lowest BCUT2D eigenvalue weighted by molar-refractivity contribution is -0.134. The number of piperidine rings is 1. The fraction of sp³-hybridized carbons (Fsp3) is 0.556. The van der Waals surface area contributed by atoms with Crippen LogP contribution in [0.3, 0.4) is 0 Å². The standard InChI is InChI=1S/C18H25F2N3O3/c19-18(20)26-15-6-4-13(5-7-15)11-17(25)23-10-2-1-3-14(23)12-22-16(24)8-9-21/h4-7,14,18H,1-3,8-12,21H2,(H,22,24). The maximum absolute atomic E-state index is 12.7. The van der Waals surface area contributed by atoms with Crippen LogP contribution in [0.5, 0.6) is 5.75 Å². The van der Waals surface area contributed by atoms with Crippen molar-refractivity contribution in [2.24, 2.45) is 5.73 Å². The minimum atomic E-state index is -2.87. The minimum absolute atomic E-state index is 0.0283. The Morgan fingerprint density at radius 3 is 2.65 bits per heavy atom. The van der Waals surface area contributed by atoms with E-state index in [1.807, 2.05) is 0 Å². The molecule has 6 nitrogen and oxygen atoms in total. The first-order chi connectivity index (χ1) is 12.5. The average molecular weight is 369 g/mol. The van der Waals surface area contributed by atoms with Crippen LogP contribution in [0.1, 0.15) is 31.2 Å². The second-order valence-electron chi connectivity index (χ2n) is 6.28. The van der Waals surface area contributed by atoms with Crippen molar-refractivity contribution in [3.8, 4) is 5.75 Å². The van der Waals surface area contributed by atoms with E-state index in [2.05, 4.69) is 10.1 Å². The smallest absolute Gasteiger partial charge is 0.387 e.